The van der Waals surface area contributed by atoms with Crippen LogP contribution >= 0.6 is 27.7 Å². The van der Waals surface area contributed by atoms with E-state index >= 15 is 0 Å². The predicted molar refractivity (Wildman–Crippen MR) is 124 cm³/mol. The number of ether oxygens (including phenoxy) is 3. The van der Waals surface area contributed by atoms with E-state index in [9.17, 15) is 14.9 Å². The zero-order valence-electron chi connectivity index (χ0n) is 17.4. The van der Waals surface area contributed by atoms with Gasteiger partial charge in [0.1, 0.15) is 11.6 Å². The van der Waals surface area contributed by atoms with E-state index in [0.717, 1.165) is 16.2 Å². The summed E-state index contributed by atoms with van der Waals surface area (Å²) in [6.07, 6.45) is 0. The first-order valence-corrected chi connectivity index (χ1v) is 11.0. The lowest BCUT2D eigenvalue weighted by atomic mass is 10.1. The van der Waals surface area contributed by atoms with Gasteiger partial charge in [0.15, 0.2) is 22.4 Å². The van der Waals surface area contributed by atoms with Crippen LogP contribution in [0.15, 0.2) is 50.8 Å². The van der Waals surface area contributed by atoms with Crippen molar-refractivity contribution in [1.29, 1.82) is 5.26 Å². The van der Waals surface area contributed by atoms with Crippen molar-refractivity contribution in [1.82, 2.24) is 9.97 Å². The van der Waals surface area contributed by atoms with Crippen LogP contribution in [0.3, 0.4) is 0 Å². The Morgan fingerprint density at radius 2 is 1.75 bits per heavy atom. The molecule has 32 heavy (non-hydrogen) atoms. The number of aromatic nitrogens is 2. The van der Waals surface area contributed by atoms with E-state index in [2.05, 4.69) is 25.9 Å². The fourth-order valence-corrected chi connectivity index (χ4v) is 3.92. The van der Waals surface area contributed by atoms with Crippen LogP contribution in [0.1, 0.15) is 15.9 Å². The maximum Gasteiger partial charge on any atom is 0.270 e. The molecule has 0 aliphatic heterocycles. The summed E-state index contributed by atoms with van der Waals surface area (Å²) in [7, 11) is 4.41. The third-order valence-corrected chi connectivity index (χ3v) is 5.86. The van der Waals surface area contributed by atoms with E-state index in [1.54, 1.807) is 36.4 Å². The van der Waals surface area contributed by atoms with Crippen LogP contribution in [-0.4, -0.2) is 42.8 Å². The van der Waals surface area contributed by atoms with Gasteiger partial charge < -0.3 is 19.2 Å². The second kappa shape index (κ2) is 10.3. The Bertz CT molecular complexity index is 1230. The Balaban J connectivity index is 1.99. The van der Waals surface area contributed by atoms with Gasteiger partial charge in [-0.2, -0.15) is 5.26 Å². The average Bonchev–Trinajstić information content (AvgIpc) is 2.81. The fraction of sp³-hybridized carbons (Fsp3) is 0.182. The maximum atomic E-state index is 12.5. The molecule has 2 aromatic carbocycles. The van der Waals surface area contributed by atoms with Gasteiger partial charge in [0.25, 0.3) is 5.56 Å². The fourth-order valence-electron chi connectivity index (χ4n) is 2.90. The van der Waals surface area contributed by atoms with Gasteiger partial charge >= 0.3 is 0 Å². The largest absolute Gasteiger partial charge is 0.493 e. The first-order valence-electron chi connectivity index (χ1n) is 9.18. The lowest BCUT2D eigenvalue weighted by Gasteiger charge is -2.14. The van der Waals surface area contributed by atoms with Crippen LogP contribution in [0.5, 0.6) is 17.2 Å². The van der Waals surface area contributed by atoms with Gasteiger partial charge in [-0.1, -0.05) is 39.8 Å². The quantitative estimate of drug-likeness (QED) is 0.271. The van der Waals surface area contributed by atoms with Crippen molar-refractivity contribution in [3.8, 4) is 34.6 Å². The number of thioether (sulfide) groups is 1. The number of nitrogens with one attached hydrogen (secondary N) is 1. The van der Waals surface area contributed by atoms with Crippen molar-refractivity contribution in [2.75, 3.05) is 27.1 Å². The summed E-state index contributed by atoms with van der Waals surface area (Å²) in [4.78, 5) is 32.0. The number of nitriles is 1. The Morgan fingerprint density at radius 3 is 2.28 bits per heavy atom. The molecule has 3 rings (SSSR count). The molecule has 1 heterocycles. The Labute approximate surface area is 196 Å². The highest BCUT2D eigenvalue weighted by molar-refractivity contribution is 9.10. The molecular formula is C22H18BrN3O5S. The van der Waals surface area contributed by atoms with E-state index < -0.39 is 5.56 Å². The minimum Gasteiger partial charge on any atom is -0.493 e. The van der Waals surface area contributed by atoms with E-state index in [4.69, 9.17) is 14.2 Å². The third-order valence-electron chi connectivity index (χ3n) is 4.45. The molecular weight excluding hydrogens is 498 g/mol. The lowest BCUT2D eigenvalue weighted by molar-refractivity contribution is 0.102. The van der Waals surface area contributed by atoms with Gasteiger partial charge in [0.05, 0.1) is 32.8 Å². The van der Waals surface area contributed by atoms with Crippen LogP contribution in [0.4, 0.5) is 0 Å². The molecule has 0 bridgehead atoms. The van der Waals surface area contributed by atoms with Gasteiger partial charge in [-0.15, -0.1) is 0 Å². The topological polar surface area (TPSA) is 114 Å². The number of halogens is 1. The summed E-state index contributed by atoms with van der Waals surface area (Å²) < 4.78 is 16.9. The highest BCUT2D eigenvalue weighted by atomic mass is 79.9. The van der Waals surface area contributed by atoms with E-state index in [-0.39, 0.29) is 27.9 Å². The van der Waals surface area contributed by atoms with E-state index in [1.807, 2.05) is 6.07 Å². The van der Waals surface area contributed by atoms with Crippen LogP contribution in [0.25, 0.3) is 11.3 Å². The Hall–Kier alpha value is -3.29. The number of aromatic amines is 1. The zero-order chi connectivity index (χ0) is 23.3. The number of carbonyl (C=O) groups is 1. The van der Waals surface area contributed by atoms with Gasteiger partial charge in [0.2, 0.25) is 5.75 Å². The Kier molecular flexibility index (Phi) is 7.56. The normalized spacial score (nSPS) is 10.3. The summed E-state index contributed by atoms with van der Waals surface area (Å²) in [6.45, 7) is 0. The number of benzene rings is 2. The predicted octanol–water partition coefficient (Wildman–Crippen LogP) is 4.07. The molecule has 0 fully saturated rings. The molecule has 0 aliphatic rings. The second-order valence-electron chi connectivity index (χ2n) is 6.34. The molecule has 3 aromatic rings. The highest BCUT2D eigenvalue weighted by Crippen LogP contribution is 2.41. The maximum absolute atomic E-state index is 12.5. The monoisotopic (exact) mass is 515 g/mol. The smallest absolute Gasteiger partial charge is 0.270 e. The van der Waals surface area contributed by atoms with Crippen molar-refractivity contribution < 1.29 is 19.0 Å². The number of Topliss-reactive ketones (excluding diaryl/α,β-unsaturated/α-hetero) is 1. The molecule has 0 radical (unpaired) electrons. The number of carbonyl (C=O) groups excluding carboxylic acids is 1. The minimum atomic E-state index is -0.607. The summed E-state index contributed by atoms with van der Waals surface area (Å²) in [5.74, 6) is 1.02. The number of hydrogen-bond acceptors (Lipinski definition) is 8. The molecule has 0 amide bonds. The summed E-state index contributed by atoms with van der Waals surface area (Å²) in [6, 6.07) is 12.1. The van der Waals surface area contributed by atoms with Gasteiger partial charge in [-0.3, -0.25) is 9.59 Å². The van der Waals surface area contributed by atoms with Crippen LogP contribution in [-0.2, 0) is 0 Å². The van der Waals surface area contributed by atoms with Crippen molar-refractivity contribution >= 4 is 33.5 Å². The number of ketones is 1. The van der Waals surface area contributed by atoms with Crippen LogP contribution in [0.2, 0.25) is 0 Å². The number of rotatable bonds is 8. The number of nitrogens with zero attached hydrogens (tertiary/aromatic N) is 2. The van der Waals surface area contributed by atoms with E-state index in [0.29, 0.717) is 28.4 Å². The first kappa shape index (κ1) is 23.4. The number of hydrogen-bond donors (Lipinski definition) is 1. The molecule has 0 saturated heterocycles. The summed E-state index contributed by atoms with van der Waals surface area (Å²) in [5, 5.41) is 9.74. The molecule has 0 atom stereocenters. The third kappa shape index (κ3) is 4.95. The molecule has 8 nitrogen and oxygen atoms in total. The molecule has 0 aliphatic carbocycles. The van der Waals surface area contributed by atoms with Crippen molar-refractivity contribution in [3.05, 3.63) is 62.4 Å². The minimum absolute atomic E-state index is 0.0607. The van der Waals surface area contributed by atoms with Crippen molar-refractivity contribution in [2.24, 2.45) is 0 Å². The molecule has 10 heteroatoms. The van der Waals surface area contributed by atoms with Crippen LogP contribution in [0, 0.1) is 11.3 Å². The second-order valence-corrected chi connectivity index (χ2v) is 8.22. The first-order chi connectivity index (χ1) is 15.4. The SMILES string of the molecule is COc1cc(-c2nc(SCC(=O)c3ccc(Br)cc3)[nH]c(=O)c2C#N)cc(OC)c1OC. The van der Waals surface area contributed by atoms with Gasteiger partial charge in [-0.25, -0.2) is 4.98 Å². The Morgan fingerprint density at radius 1 is 1.12 bits per heavy atom. The van der Waals surface area contributed by atoms with Crippen molar-refractivity contribution in [2.45, 2.75) is 5.16 Å². The zero-order valence-corrected chi connectivity index (χ0v) is 19.8. The molecule has 164 valence electrons. The number of methoxy groups -OCH3 is 3. The van der Waals surface area contributed by atoms with Crippen molar-refractivity contribution in [3.63, 3.8) is 0 Å². The molecule has 0 saturated carbocycles. The molecule has 1 aromatic heterocycles. The van der Waals surface area contributed by atoms with Gasteiger partial charge in [-0.05, 0) is 24.3 Å². The summed E-state index contributed by atoms with van der Waals surface area (Å²) in [5.41, 5.74) is 0.353. The molecule has 1 N–H and O–H groups in total. The molecule has 0 unspecified atom stereocenters. The summed E-state index contributed by atoms with van der Waals surface area (Å²) >= 11 is 4.41. The lowest BCUT2D eigenvalue weighted by Crippen LogP contribution is -2.15. The standard InChI is InChI=1S/C22H18BrN3O5S/c1-29-17-8-13(9-18(30-2)20(17)31-3)19-15(10-24)21(28)26-22(25-19)32-11-16(27)12-4-6-14(23)7-5-12/h4-9H,11H2,1-3H3,(H,25,26,28). The number of H-pyrrole nitrogens is 1. The average molecular weight is 516 g/mol. The highest BCUT2D eigenvalue weighted by Gasteiger charge is 2.20. The van der Waals surface area contributed by atoms with Gasteiger partial charge in [0, 0.05) is 15.6 Å². The van der Waals surface area contributed by atoms with E-state index in [1.165, 1.54) is 21.3 Å². The van der Waals surface area contributed by atoms with Crippen LogP contribution < -0.4 is 19.8 Å². The molecule has 0 spiro atoms.